The fraction of sp³-hybridized carbons (Fsp3) is 0.235. The number of nitrogens with one attached hydrogen (secondary N) is 2. The van der Waals surface area contributed by atoms with E-state index in [0.717, 1.165) is 16.5 Å². The number of pyridine rings is 1. The fourth-order valence-corrected chi connectivity index (χ4v) is 5.11. The Hall–Kier alpha value is -5.52. The third-order valence-electron chi connectivity index (χ3n) is 7.44. The zero-order valence-corrected chi connectivity index (χ0v) is 25.1. The molecule has 5 aromatic rings. The Morgan fingerprint density at radius 2 is 1.83 bits per heavy atom. The van der Waals surface area contributed by atoms with Crippen LogP contribution in [0.15, 0.2) is 91.4 Å². The second-order valence-corrected chi connectivity index (χ2v) is 11.0. The number of rotatable bonds is 10. The average molecular weight is 628 g/mol. The maximum absolute atomic E-state index is 13.8. The second-order valence-electron chi connectivity index (χ2n) is 11.0. The van der Waals surface area contributed by atoms with Crippen LogP contribution >= 0.6 is 0 Å². The normalized spacial score (nSPS) is 13.9. The summed E-state index contributed by atoms with van der Waals surface area (Å²) in [7, 11) is 0. The number of carbonyl (C=O) groups excluding carboxylic acids is 2. The van der Waals surface area contributed by atoms with Crippen molar-refractivity contribution in [2.45, 2.75) is 38.5 Å². The second kappa shape index (κ2) is 12.8. The van der Waals surface area contributed by atoms with E-state index in [1.54, 1.807) is 78.7 Å². The van der Waals surface area contributed by atoms with Crippen molar-refractivity contribution in [3.05, 3.63) is 108 Å². The zero-order chi connectivity index (χ0) is 32.3. The summed E-state index contributed by atoms with van der Waals surface area (Å²) in [6, 6.07) is 20.5. The maximum Gasteiger partial charge on any atom is 0.321 e. The molecule has 0 saturated carbocycles. The average Bonchev–Trinajstić information content (AvgIpc) is 3.49. The first kappa shape index (κ1) is 30.5. The van der Waals surface area contributed by atoms with E-state index in [1.165, 1.54) is 0 Å². The Morgan fingerprint density at radius 1 is 1.00 bits per heavy atom. The summed E-state index contributed by atoms with van der Waals surface area (Å²) in [6.07, 6.45) is 4.19. The number of fused-ring (bicyclic) bond motifs is 2. The molecule has 0 saturated heterocycles. The van der Waals surface area contributed by atoms with Gasteiger partial charge in [-0.1, -0.05) is 18.2 Å². The molecule has 1 aliphatic heterocycles. The molecule has 2 aromatic heterocycles. The largest absolute Gasteiger partial charge is 0.486 e. The molecular weight excluding hydrogens is 596 g/mol. The van der Waals surface area contributed by atoms with Crippen molar-refractivity contribution in [2.24, 2.45) is 0 Å². The summed E-state index contributed by atoms with van der Waals surface area (Å²) in [5, 5.41) is 10.6. The fourth-order valence-electron chi connectivity index (χ4n) is 5.11. The number of amides is 2. The number of halogens is 2. The Kier molecular flexibility index (Phi) is 8.51. The van der Waals surface area contributed by atoms with Crippen LogP contribution in [0.4, 0.5) is 8.78 Å². The first-order valence-corrected chi connectivity index (χ1v) is 14.7. The van der Waals surface area contributed by atoms with E-state index in [9.17, 15) is 18.4 Å². The first-order chi connectivity index (χ1) is 22.2. The van der Waals surface area contributed by atoms with Crippen LogP contribution in [-0.2, 0) is 11.3 Å². The van der Waals surface area contributed by atoms with Gasteiger partial charge in [-0.2, -0.15) is 13.9 Å². The van der Waals surface area contributed by atoms with Crippen LogP contribution in [0.25, 0.3) is 16.6 Å². The van der Waals surface area contributed by atoms with Gasteiger partial charge in [0.1, 0.15) is 25.1 Å². The third-order valence-corrected chi connectivity index (χ3v) is 7.44. The van der Waals surface area contributed by atoms with Crippen molar-refractivity contribution >= 4 is 22.7 Å². The highest BCUT2D eigenvalue weighted by Gasteiger charge is 2.35. The Morgan fingerprint density at radius 3 is 2.61 bits per heavy atom. The van der Waals surface area contributed by atoms with E-state index in [0.29, 0.717) is 60.7 Å². The quantitative estimate of drug-likeness (QED) is 0.213. The van der Waals surface area contributed by atoms with Crippen LogP contribution in [0.3, 0.4) is 0 Å². The highest BCUT2D eigenvalue weighted by Crippen LogP contribution is 2.36. The topological polar surface area (TPSA) is 117 Å². The lowest BCUT2D eigenvalue weighted by Gasteiger charge is -2.28. The number of ether oxygens (including phenoxy) is 3. The van der Waals surface area contributed by atoms with Crippen molar-refractivity contribution in [2.75, 3.05) is 13.2 Å². The van der Waals surface area contributed by atoms with Crippen molar-refractivity contribution in [3.63, 3.8) is 0 Å². The first-order valence-electron chi connectivity index (χ1n) is 14.7. The lowest BCUT2D eigenvalue weighted by Crippen LogP contribution is -2.46. The van der Waals surface area contributed by atoms with E-state index in [4.69, 9.17) is 14.2 Å². The monoisotopic (exact) mass is 627 g/mol. The van der Waals surface area contributed by atoms with Gasteiger partial charge in [-0.15, -0.1) is 0 Å². The van der Waals surface area contributed by atoms with E-state index in [-0.39, 0.29) is 5.91 Å². The van der Waals surface area contributed by atoms with Crippen LogP contribution in [0, 0.1) is 0 Å². The molecule has 46 heavy (non-hydrogen) atoms. The standard InChI is InChI=1S/C34H31F2N5O5/c1-21(40-33(43)34(2,35)36)31(23-8-11-29-30(17-23)45-14-13-44-29)46-27-9-10-28-25(16-27)20-39-41(28)26-7-3-6-24(15-26)32(42)38-19-22-5-4-12-37-18-22/h3-12,15-18,20-21,31H,13-14,19H2,1-2H3,(H,38,42)(H,40,43). The zero-order valence-electron chi connectivity index (χ0n) is 25.1. The van der Waals surface area contributed by atoms with Crippen LogP contribution in [0.1, 0.15) is 41.4 Å². The van der Waals surface area contributed by atoms with Crippen LogP contribution < -0.4 is 24.8 Å². The minimum absolute atomic E-state index is 0.231. The van der Waals surface area contributed by atoms with E-state index < -0.39 is 24.0 Å². The molecule has 236 valence electrons. The molecule has 0 bridgehead atoms. The Balaban J connectivity index is 1.24. The minimum atomic E-state index is -3.56. The highest BCUT2D eigenvalue weighted by atomic mass is 19.3. The molecular formula is C34H31F2N5O5. The van der Waals surface area contributed by atoms with Crippen LogP contribution in [0.5, 0.6) is 17.2 Å². The minimum Gasteiger partial charge on any atom is -0.486 e. The molecule has 0 radical (unpaired) electrons. The Bertz CT molecular complexity index is 1880. The van der Waals surface area contributed by atoms with E-state index in [1.807, 2.05) is 24.3 Å². The van der Waals surface area contributed by atoms with Gasteiger partial charge in [0, 0.05) is 36.8 Å². The van der Waals surface area contributed by atoms with Crippen LogP contribution in [-0.4, -0.2) is 51.8 Å². The van der Waals surface area contributed by atoms with Gasteiger partial charge in [0.15, 0.2) is 11.5 Å². The number of carbonyl (C=O) groups is 2. The lowest BCUT2D eigenvalue weighted by molar-refractivity contribution is -0.144. The molecule has 1 aliphatic rings. The molecule has 0 aliphatic carbocycles. The molecule has 6 rings (SSSR count). The summed E-state index contributed by atoms with van der Waals surface area (Å²) in [5.74, 6) is -3.70. The maximum atomic E-state index is 13.8. The number of nitrogens with zero attached hydrogens (tertiary/aromatic N) is 3. The highest BCUT2D eigenvalue weighted by molar-refractivity contribution is 5.95. The summed E-state index contributed by atoms with van der Waals surface area (Å²) in [5.41, 5.74) is 3.40. The van der Waals surface area contributed by atoms with E-state index >= 15 is 0 Å². The molecule has 2 N–H and O–H groups in total. The summed E-state index contributed by atoms with van der Waals surface area (Å²) < 4.78 is 46.9. The molecule has 2 amide bonds. The van der Waals surface area contributed by atoms with Crippen LogP contribution in [0.2, 0.25) is 0 Å². The lowest BCUT2D eigenvalue weighted by atomic mass is 10.0. The van der Waals surface area contributed by atoms with Gasteiger partial charge in [-0.25, -0.2) is 4.68 Å². The molecule has 2 unspecified atom stereocenters. The number of alkyl halides is 2. The molecule has 2 atom stereocenters. The molecule has 3 aromatic carbocycles. The number of hydrogen-bond acceptors (Lipinski definition) is 7. The Labute approximate surface area is 263 Å². The van der Waals surface area contributed by atoms with Gasteiger partial charge in [-0.05, 0) is 72.6 Å². The van der Waals surface area contributed by atoms with Crippen molar-refractivity contribution in [1.82, 2.24) is 25.4 Å². The number of hydrogen-bond donors (Lipinski definition) is 2. The smallest absolute Gasteiger partial charge is 0.321 e. The van der Waals surface area contributed by atoms with Gasteiger partial charge < -0.3 is 24.8 Å². The van der Waals surface area contributed by atoms with Crippen molar-refractivity contribution in [1.29, 1.82) is 0 Å². The number of benzene rings is 3. The van der Waals surface area contributed by atoms with Crippen molar-refractivity contribution < 1.29 is 32.6 Å². The predicted molar refractivity (Wildman–Crippen MR) is 166 cm³/mol. The molecule has 10 nitrogen and oxygen atoms in total. The van der Waals surface area contributed by atoms with Gasteiger partial charge in [0.2, 0.25) is 0 Å². The van der Waals surface area contributed by atoms with Gasteiger partial charge in [0.05, 0.1) is 23.4 Å². The molecule has 12 heteroatoms. The number of aromatic nitrogens is 3. The van der Waals surface area contributed by atoms with Gasteiger partial charge >= 0.3 is 5.92 Å². The van der Waals surface area contributed by atoms with Gasteiger partial charge in [-0.3, -0.25) is 14.6 Å². The van der Waals surface area contributed by atoms with E-state index in [2.05, 4.69) is 20.7 Å². The molecule has 0 spiro atoms. The molecule has 3 heterocycles. The third kappa shape index (κ3) is 6.75. The SMILES string of the molecule is CC(NC(=O)C(C)(F)F)C(Oc1ccc2c(cnn2-c2cccc(C(=O)NCc3cccnc3)c2)c1)c1ccc2c(c1)OCCO2. The van der Waals surface area contributed by atoms with Crippen molar-refractivity contribution in [3.8, 4) is 22.9 Å². The molecule has 0 fully saturated rings. The summed E-state index contributed by atoms with van der Waals surface area (Å²) in [6.45, 7) is 3.28. The predicted octanol–water partition coefficient (Wildman–Crippen LogP) is 5.40. The summed E-state index contributed by atoms with van der Waals surface area (Å²) >= 11 is 0. The summed E-state index contributed by atoms with van der Waals surface area (Å²) in [4.78, 5) is 29.1. The van der Waals surface area contributed by atoms with Gasteiger partial charge in [0.25, 0.3) is 11.8 Å².